The molecule has 0 spiro atoms. The fourth-order valence-electron chi connectivity index (χ4n) is 1.81. The van der Waals surface area contributed by atoms with E-state index in [2.05, 4.69) is 36.2 Å². The SMILES string of the molecule is C=C(OCC)C(CC1C=CC=CC1)NC. The van der Waals surface area contributed by atoms with Crippen molar-refractivity contribution in [1.29, 1.82) is 0 Å². The normalized spacial score (nSPS) is 21.3. The van der Waals surface area contributed by atoms with Crippen molar-refractivity contribution in [3.8, 4) is 0 Å². The van der Waals surface area contributed by atoms with Gasteiger partial charge in [0.2, 0.25) is 0 Å². The number of allylic oxidation sites excluding steroid dienone is 4. The summed E-state index contributed by atoms with van der Waals surface area (Å²) in [7, 11) is 1.96. The maximum Gasteiger partial charge on any atom is 0.106 e. The molecule has 1 aliphatic rings. The number of nitrogens with one attached hydrogen (secondary N) is 1. The zero-order valence-electron chi connectivity index (χ0n) is 9.70. The van der Waals surface area contributed by atoms with Crippen LogP contribution in [0, 0.1) is 5.92 Å². The molecule has 0 aliphatic heterocycles. The first kappa shape index (κ1) is 12.1. The van der Waals surface area contributed by atoms with Crippen LogP contribution in [-0.4, -0.2) is 19.7 Å². The Morgan fingerprint density at radius 3 is 2.93 bits per heavy atom. The summed E-state index contributed by atoms with van der Waals surface area (Å²) >= 11 is 0. The van der Waals surface area contributed by atoms with E-state index in [0.717, 1.165) is 18.6 Å². The third kappa shape index (κ3) is 3.92. The van der Waals surface area contributed by atoms with Crippen LogP contribution in [0.4, 0.5) is 0 Å². The number of likely N-dealkylation sites (N-methyl/N-ethyl adjacent to an activating group) is 1. The molecule has 0 radical (unpaired) electrons. The van der Waals surface area contributed by atoms with Gasteiger partial charge in [0.25, 0.3) is 0 Å². The van der Waals surface area contributed by atoms with Gasteiger partial charge in [0.05, 0.1) is 12.6 Å². The summed E-state index contributed by atoms with van der Waals surface area (Å²) in [5, 5.41) is 3.25. The minimum absolute atomic E-state index is 0.256. The maximum absolute atomic E-state index is 5.44. The van der Waals surface area contributed by atoms with E-state index < -0.39 is 0 Å². The first-order valence-electron chi connectivity index (χ1n) is 5.60. The second-order valence-corrected chi connectivity index (χ2v) is 3.79. The molecule has 84 valence electrons. The van der Waals surface area contributed by atoms with Gasteiger partial charge in [-0.05, 0) is 32.7 Å². The van der Waals surface area contributed by atoms with Crippen molar-refractivity contribution in [2.75, 3.05) is 13.7 Å². The molecule has 0 saturated heterocycles. The Bertz CT molecular complexity index is 255. The highest BCUT2D eigenvalue weighted by molar-refractivity contribution is 5.12. The van der Waals surface area contributed by atoms with Crippen LogP contribution in [0.1, 0.15) is 19.8 Å². The van der Waals surface area contributed by atoms with Gasteiger partial charge in [0.15, 0.2) is 0 Å². The van der Waals surface area contributed by atoms with E-state index in [1.165, 1.54) is 0 Å². The van der Waals surface area contributed by atoms with Crippen LogP contribution in [0.3, 0.4) is 0 Å². The summed E-state index contributed by atoms with van der Waals surface area (Å²) in [5.41, 5.74) is 0. The number of rotatable bonds is 6. The molecular formula is C13H21NO. The quantitative estimate of drug-likeness (QED) is 0.676. The Morgan fingerprint density at radius 1 is 1.60 bits per heavy atom. The van der Waals surface area contributed by atoms with Gasteiger partial charge >= 0.3 is 0 Å². The summed E-state index contributed by atoms with van der Waals surface area (Å²) < 4.78 is 5.44. The Kier molecular flexibility index (Phi) is 5.19. The van der Waals surface area contributed by atoms with Gasteiger partial charge in [0.1, 0.15) is 5.76 Å². The van der Waals surface area contributed by atoms with Gasteiger partial charge in [-0.2, -0.15) is 0 Å². The van der Waals surface area contributed by atoms with Crippen LogP contribution in [0.5, 0.6) is 0 Å². The minimum Gasteiger partial charge on any atom is -0.497 e. The zero-order valence-corrected chi connectivity index (χ0v) is 9.70. The highest BCUT2D eigenvalue weighted by atomic mass is 16.5. The molecule has 0 amide bonds. The smallest absolute Gasteiger partial charge is 0.106 e. The lowest BCUT2D eigenvalue weighted by Crippen LogP contribution is -2.30. The molecule has 0 bridgehead atoms. The van der Waals surface area contributed by atoms with E-state index in [4.69, 9.17) is 4.74 Å². The second kappa shape index (κ2) is 6.46. The largest absolute Gasteiger partial charge is 0.497 e. The van der Waals surface area contributed by atoms with Crippen molar-refractivity contribution >= 4 is 0 Å². The molecular weight excluding hydrogens is 186 g/mol. The Morgan fingerprint density at radius 2 is 2.40 bits per heavy atom. The van der Waals surface area contributed by atoms with Crippen molar-refractivity contribution in [2.45, 2.75) is 25.8 Å². The molecule has 0 heterocycles. The monoisotopic (exact) mass is 207 g/mol. The Balaban J connectivity index is 2.42. The van der Waals surface area contributed by atoms with Crippen molar-refractivity contribution in [3.05, 3.63) is 36.6 Å². The molecule has 0 fully saturated rings. The molecule has 2 heteroatoms. The maximum atomic E-state index is 5.44. The zero-order chi connectivity index (χ0) is 11.1. The fourth-order valence-corrected chi connectivity index (χ4v) is 1.81. The fraction of sp³-hybridized carbons (Fsp3) is 0.538. The summed E-state index contributed by atoms with van der Waals surface area (Å²) in [5.74, 6) is 1.45. The Labute approximate surface area is 92.7 Å². The molecule has 0 aromatic carbocycles. The average Bonchev–Trinajstić information content (AvgIpc) is 2.27. The topological polar surface area (TPSA) is 21.3 Å². The van der Waals surface area contributed by atoms with Crippen LogP contribution < -0.4 is 5.32 Å². The lowest BCUT2D eigenvalue weighted by atomic mass is 9.93. The molecule has 15 heavy (non-hydrogen) atoms. The molecule has 0 aromatic heterocycles. The molecule has 1 rings (SSSR count). The molecule has 1 N–H and O–H groups in total. The first-order valence-corrected chi connectivity index (χ1v) is 5.60. The third-order valence-electron chi connectivity index (χ3n) is 2.67. The molecule has 2 nitrogen and oxygen atoms in total. The number of ether oxygens (including phenoxy) is 1. The van der Waals surface area contributed by atoms with Gasteiger partial charge in [0, 0.05) is 0 Å². The van der Waals surface area contributed by atoms with E-state index in [1.54, 1.807) is 0 Å². The van der Waals surface area contributed by atoms with Gasteiger partial charge < -0.3 is 10.1 Å². The predicted molar refractivity (Wildman–Crippen MR) is 64.6 cm³/mol. The van der Waals surface area contributed by atoms with Gasteiger partial charge in [-0.3, -0.25) is 0 Å². The highest BCUT2D eigenvalue weighted by Crippen LogP contribution is 2.20. The molecule has 1 aliphatic carbocycles. The van der Waals surface area contributed by atoms with E-state index in [9.17, 15) is 0 Å². The van der Waals surface area contributed by atoms with Crippen molar-refractivity contribution in [3.63, 3.8) is 0 Å². The standard InChI is InChI=1S/C13H21NO/c1-4-15-11(2)13(14-3)10-12-8-6-5-7-9-12/h5-8,12-14H,2,4,9-10H2,1,3H3. The predicted octanol–water partition coefficient (Wildman–Crippen LogP) is 2.65. The summed E-state index contributed by atoms with van der Waals surface area (Å²) in [4.78, 5) is 0. The van der Waals surface area contributed by atoms with Crippen LogP contribution in [-0.2, 0) is 4.74 Å². The van der Waals surface area contributed by atoms with Crippen molar-refractivity contribution in [1.82, 2.24) is 5.32 Å². The van der Waals surface area contributed by atoms with Crippen LogP contribution in [0.25, 0.3) is 0 Å². The van der Waals surface area contributed by atoms with E-state index in [-0.39, 0.29) is 6.04 Å². The second-order valence-electron chi connectivity index (χ2n) is 3.79. The summed E-state index contributed by atoms with van der Waals surface area (Å²) in [6.45, 7) is 6.63. The molecule has 0 saturated carbocycles. The first-order chi connectivity index (χ1) is 7.27. The van der Waals surface area contributed by atoms with Crippen molar-refractivity contribution < 1.29 is 4.74 Å². The average molecular weight is 207 g/mol. The van der Waals surface area contributed by atoms with Crippen LogP contribution in [0.15, 0.2) is 36.6 Å². The lowest BCUT2D eigenvalue weighted by molar-refractivity contribution is 0.196. The van der Waals surface area contributed by atoms with E-state index >= 15 is 0 Å². The summed E-state index contributed by atoms with van der Waals surface area (Å²) in [6, 6.07) is 0.256. The van der Waals surface area contributed by atoms with Crippen LogP contribution >= 0.6 is 0 Å². The van der Waals surface area contributed by atoms with Gasteiger partial charge in [-0.25, -0.2) is 0 Å². The molecule has 0 aromatic rings. The molecule has 2 atom stereocenters. The van der Waals surface area contributed by atoms with E-state index in [1.807, 2.05) is 14.0 Å². The number of hydrogen-bond acceptors (Lipinski definition) is 2. The van der Waals surface area contributed by atoms with Gasteiger partial charge in [-0.15, -0.1) is 0 Å². The van der Waals surface area contributed by atoms with Crippen molar-refractivity contribution in [2.24, 2.45) is 5.92 Å². The summed E-state index contributed by atoms with van der Waals surface area (Å²) in [6.07, 6.45) is 10.8. The number of hydrogen-bond donors (Lipinski definition) is 1. The Hall–Kier alpha value is -1.02. The van der Waals surface area contributed by atoms with E-state index in [0.29, 0.717) is 12.5 Å². The van der Waals surface area contributed by atoms with Crippen LogP contribution in [0.2, 0.25) is 0 Å². The highest BCUT2D eigenvalue weighted by Gasteiger charge is 2.16. The third-order valence-corrected chi connectivity index (χ3v) is 2.67. The minimum atomic E-state index is 0.256. The molecule has 2 unspecified atom stereocenters. The van der Waals surface area contributed by atoms with Gasteiger partial charge in [-0.1, -0.05) is 30.9 Å². The lowest BCUT2D eigenvalue weighted by Gasteiger charge is -2.23.